The van der Waals surface area contributed by atoms with Gasteiger partial charge in [0, 0.05) is 11.8 Å². The molecule has 0 bridgehead atoms. The van der Waals surface area contributed by atoms with E-state index < -0.39 is 23.7 Å². The predicted octanol–water partition coefficient (Wildman–Crippen LogP) is 0.524. The molecule has 0 aliphatic heterocycles. The number of carbonyl (C=O) groups excluding carboxylic acids is 1. The quantitative estimate of drug-likeness (QED) is 0.743. The van der Waals surface area contributed by atoms with Gasteiger partial charge in [0.05, 0.1) is 0 Å². The lowest BCUT2D eigenvalue weighted by molar-refractivity contribution is -0.139. The minimum Gasteiger partial charge on any atom is -0.479 e. The molecule has 1 heterocycles. The van der Waals surface area contributed by atoms with Gasteiger partial charge in [0.1, 0.15) is 0 Å². The number of aromatic nitrogens is 1. The molecule has 19 heavy (non-hydrogen) atoms. The van der Waals surface area contributed by atoms with Gasteiger partial charge in [-0.2, -0.15) is 0 Å². The van der Waals surface area contributed by atoms with Crippen LogP contribution in [0.5, 0.6) is 0 Å². The van der Waals surface area contributed by atoms with Crippen LogP contribution in [0.25, 0.3) is 0 Å². The standard InChI is InChI=1S/C12H10N2O5/c15-10(7-4-2-1-3-5-7)14-9(11(16)17)8-6-13-12(18)19-8/h1-6,9H,(H,13,18)(H,14,15)(H,16,17)/t9-/m0/s1. The first-order valence-electron chi connectivity index (χ1n) is 5.35. The van der Waals surface area contributed by atoms with Gasteiger partial charge in [-0.15, -0.1) is 0 Å². The molecule has 1 aromatic carbocycles. The molecule has 0 spiro atoms. The van der Waals surface area contributed by atoms with Crippen molar-refractivity contribution in [2.75, 3.05) is 0 Å². The molecule has 0 aliphatic rings. The fraction of sp³-hybridized carbons (Fsp3) is 0.0833. The molecule has 3 N–H and O–H groups in total. The highest BCUT2D eigenvalue weighted by atomic mass is 16.4. The van der Waals surface area contributed by atoms with Crippen LogP contribution in [0.15, 0.2) is 45.7 Å². The number of carboxylic acids is 1. The normalized spacial score (nSPS) is 11.8. The summed E-state index contributed by atoms with van der Waals surface area (Å²) in [5.74, 6) is -2.85. The number of benzene rings is 1. The third kappa shape index (κ3) is 2.89. The first kappa shape index (κ1) is 12.6. The van der Waals surface area contributed by atoms with Crippen molar-refractivity contribution in [3.8, 4) is 0 Å². The largest absolute Gasteiger partial charge is 0.479 e. The maximum Gasteiger partial charge on any atom is 0.416 e. The molecule has 1 atom stereocenters. The Morgan fingerprint density at radius 3 is 2.47 bits per heavy atom. The Morgan fingerprint density at radius 1 is 1.26 bits per heavy atom. The number of hydrogen-bond donors (Lipinski definition) is 3. The molecule has 2 aromatic rings. The minimum absolute atomic E-state index is 0.165. The molecule has 0 saturated carbocycles. The summed E-state index contributed by atoms with van der Waals surface area (Å²) in [7, 11) is 0. The lowest BCUT2D eigenvalue weighted by Gasteiger charge is -2.11. The lowest BCUT2D eigenvalue weighted by Crippen LogP contribution is -2.33. The number of hydrogen-bond acceptors (Lipinski definition) is 4. The summed E-state index contributed by atoms with van der Waals surface area (Å²) < 4.78 is 4.64. The van der Waals surface area contributed by atoms with E-state index in [9.17, 15) is 14.4 Å². The highest BCUT2D eigenvalue weighted by Gasteiger charge is 2.26. The highest BCUT2D eigenvalue weighted by molar-refractivity contribution is 5.96. The van der Waals surface area contributed by atoms with Crippen molar-refractivity contribution in [3.63, 3.8) is 0 Å². The second-order valence-electron chi connectivity index (χ2n) is 3.69. The van der Waals surface area contributed by atoms with Crippen LogP contribution in [-0.4, -0.2) is 22.0 Å². The third-order valence-electron chi connectivity index (χ3n) is 2.39. The number of rotatable bonds is 4. The summed E-state index contributed by atoms with van der Waals surface area (Å²) in [6, 6.07) is 6.70. The molecule has 0 aliphatic carbocycles. The van der Waals surface area contributed by atoms with E-state index in [-0.39, 0.29) is 5.76 Å². The summed E-state index contributed by atoms with van der Waals surface area (Å²) in [4.78, 5) is 35.9. The molecule has 7 heteroatoms. The van der Waals surface area contributed by atoms with E-state index >= 15 is 0 Å². The van der Waals surface area contributed by atoms with E-state index in [1.165, 1.54) is 0 Å². The number of nitrogens with one attached hydrogen (secondary N) is 2. The lowest BCUT2D eigenvalue weighted by atomic mass is 10.2. The molecular formula is C12H10N2O5. The van der Waals surface area contributed by atoms with Crippen LogP contribution in [0, 0.1) is 0 Å². The van der Waals surface area contributed by atoms with Crippen LogP contribution in [0.4, 0.5) is 0 Å². The Bertz CT molecular complexity index is 643. The summed E-state index contributed by atoms with van der Waals surface area (Å²) in [5, 5.41) is 11.3. The van der Waals surface area contributed by atoms with E-state index in [0.717, 1.165) is 6.20 Å². The molecule has 0 saturated heterocycles. The molecule has 1 aromatic heterocycles. The topological polar surface area (TPSA) is 112 Å². The van der Waals surface area contributed by atoms with Gasteiger partial charge in [0.15, 0.2) is 11.8 Å². The zero-order chi connectivity index (χ0) is 13.8. The Hall–Kier alpha value is -2.83. The fourth-order valence-electron chi connectivity index (χ4n) is 1.50. The van der Waals surface area contributed by atoms with E-state index in [0.29, 0.717) is 5.56 Å². The zero-order valence-corrected chi connectivity index (χ0v) is 9.62. The van der Waals surface area contributed by atoms with Gasteiger partial charge in [0.2, 0.25) is 0 Å². The zero-order valence-electron chi connectivity index (χ0n) is 9.62. The minimum atomic E-state index is -1.42. The number of H-pyrrole nitrogens is 1. The highest BCUT2D eigenvalue weighted by Crippen LogP contribution is 2.11. The fourth-order valence-corrected chi connectivity index (χ4v) is 1.50. The molecule has 7 nitrogen and oxygen atoms in total. The van der Waals surface area contributed by atoms with Gasteiger partial charge >= 0.3 is 11.7 Å². The summed E-state index contributed by atoms with van der Waals surface area (Å²) in [5.41, 5.74) is 0.312. The average molecular weight is 262 g/mol. The SMILES string of the molecule is O=C(N[C@H](C(=O)O)c1c[nH]c(=O)o1)c1ccccc1. The molecule has 0 radical (unpaired) electrons. The van der Waals surface area contributed by atoms with Crippen LogP contribution in [0.1, 0.15) is 22.2 Å². The first-order valence-corrected chi connectivity index (χ1v) is 5.35. The molecular weight excluding hydrogens is 252 g/mol. The summed E-state index contributed by atoms with van der Waals surface area (Å²) in [6.07, 6.45) is 1.10. The van der Waals surface area contributed by atoms with Crippen LogP contribution in [-0.2, 0) is 4.79 Å². The second-order valence-corrected chi connectivity index (χ2v) is 3.69. The van der Waals surface area contributed by atoms with Gasteiger partial charge in [-0.25, -0.2) is 9.59 Å². The van der Waals surface area contributed by atoms with Crippen molar-refractivity contribution < 1.29 is 19.1 Å². The Balaban J connectivity index is 2.21. The second kappa shape index (κ2) is 5.21. The van der Waals surface area contributed by atoms with Crippen LogP contribution >= 0.6 is 0 Å². The van der Waals surface area contributed by atoms with Gasteiger partial charge in [0.25, 0.3) is 5.91 Å². The number of carboxylic acid groups (broad SMARTS) is 1. The maximum atomic E-state index is 11.8. The number of aliphatic carboxylic acids is 1. The Labute approximate surface area is 106 Å². The van der Waals surface area contributed by atoms with Gasteiger partial charge in [-0.1, -0.05) is 18.2 Å². The Kier molecular flexibility index (Phi) is 3.46. The Morgan fingerprint density at radius 2 is 1.95 bits per heavy atom. The summed E-state index contributed by atoms with van der Waals surface area (Å²) in [6.45, 7) is 0. The van der Waals surface area contributed by atoms with Crippen LogP contribution in [0.2, 0.25) is 0 Å². The van der Waals surface area contributed by atoms with Crippen molar-refractivity contribution in [1.29, 1.82) is 0 Å². The summed E-state index contributed by atoms with van der Waals surface area (Å²) >= 11 is 0. The molecule has 0 unspecified atom stereocenters. The van der Waals surface area contributed by atoms with E-state index in [4.69, 9.17) is 5.11 Å². The smallest absolute Gasteiger partial charge is 0.416 e. The molecule has 98 valence electrons. The van der Waals surface area contributed by atoms with Gasteiger partial charge in [-0.3, -0.25) is 9.78 Å². The number of oxazole rings is 1. The predicted molar refractivity (Wildman–Crippen MR) is 63.6 cm³/mol. The van der Waals surface area contributed by atoms with Crippen LogP contribution in [0.3, 0.4) is 0 Å². The van der Waals surface area contributed by atoms with Gasteiger partial charge < -0.3 is 14.8 Å². The number of aromatic amines is 1. The monoisotopic (exact) mass is 262 g/mol. The average Bonchev–Trinajstić information content (AvgIpc) is 2.82. The van der Waals surface area contributed by atoms with Crippen molar-refractivity contribution in [2.45, 2.75) is 6.04 Å². The van der Waals surface area contributed by atoms with Crippen molar-refractivity contribution in [3.05, 3.63) is 58.4 Å². The molecule has 1 amide bonds. The van der Waals surface area contributed by atoms with E-state index in [1.807, 2.05) is 0 Å². The first-order chi connectivity index (χ1) is 9.08. The van der Waals surface area contributed by atoms with Crippen LogP contribution < -0.4 is 11.1 Å². The molecule has 0 fully saturated rings. The van der Waals surface area contributed by atoms with Gasteiger partial charge in [-0.05, 0) is 12.1 Å². The number of amides is 1. The third-order valence-corrected chi connectivity index (χ3v) is 2.39. The van der Waals surface area contributed by atoms with E-state index in [2.05, 4.69) is 14.7 Å². The number of carbonyl (C=O) groups is 2. The molecule has 2 rings (SSSR count). The van der Waals surface area contributed by atoms with Crippen molar-refractivity contribution >= 4 is 11.9 Å². The van der Waals surface area contributed by atoms with E-state index in [1.54, 1.807) is 30.3 Å². The van der Waals surface area contributed by atoms with Crippen molar-refractivity contribution in [2.24, 2.45) is 0 Å². The van der Waals surface area contributed by atoms with Crippen molar-refractivity contribution in [1.82, 2.24) is 10.3 Å². The maximum absolute atomic E-state index is 11.8.